The molecule has 0 atom stereocenters. The summed E-state index contributed by atoms with van der Waals surface area (Å²) in [5, 5.41) is 8.97. The van der Waals surface area contributed by atoms with Crippen molar-refractivity contribution in [1.82, 2.24) is 19.5 Å². The predicted molar refractivity (Wildman–Crippen MR) is 213 cm³/mol. The highest BCUT2D eigenvalue weighted by molar-refractivity contribution is 6.22. The molecule has 5 nitrogen and oxygen atoms in total. The topological polar surface area (TPSA) is 56.7 Å². The van der Waals surface area contributed by atoms with Gasteiger partial charge in [-0.05, 0) is 35.0 Å². The first-order valence-electron chi connectivity index (χ1n) is 17.5. The molecule has 0 amide bonds. The molecule has 0 fully saturated rings. The van der Waals surface area contributed by atoms with Gasteiger partial charge in [-0.15, -0.1) is 0 Å². The van der Waals surface area contributed by atoms with Crippen molar-refractivity contribution >= 4 is 65.3 Å². The van der Waals surface area contributed by atoms with Crippen molar-refractivity contribution in [3.63, 3.8) is 0 Å². The number of furan rings is 1. The molecule has 11 aromatic rings. The molecule has 0 saturated carbocycles. The minimum atomic E-state index is 0.601. The van der Waals surface area contributed by atoms with Crippen LogP contribution < -0.4 is 0 Å². The van der Waals surface area contributed by atoms with Crippen LogP contribution in [0.3, 0.4) is 0 Å². The fourth-order valence-electron chi connectivity index (χ4n) is 7.84. The first-order chi connectivity index (χ1) is 25.8. The first kappa shape index (κ1) is 28.7. The van der Waals surface area contributed by atoms with Gasteiger partial charge in [0.2, 0.25) is 0 Å². The summed E-state index contributed by atoms with van der Waals surface area (Å²) >= 11 is 0. The molecule has 0 aliphatic rings. The zero-order chi connectivity index (χ0) is 34.2. The van der Waals surface area contributed by atoms with Gasteiger partial charge in [-0.2, -0.15) is 0 Å². The molecule has 0 aliphatic carbocycles. The number of rotatable bonds is 4. The molecule has 0 bridgehead atoms. The van der Waals surface area contributed by atoms with Gasteiger partial charge in [-0.3, -0.25) is 0 Å². The van der Waals surface area contributed by atoms with E-state index in [9.17, 15) is 0 Å². The number of hydrogen-bond acceptors (Lipinski definition) is 4. The average molecular weight is 665 g/mol. The van der Waals surface area contributed by atoms with Gasteiger partial charge in [0, 0.05) is 60.8 Å². The lowest BCUT2D eigenvalue weighted by atomic mass is 9.99. The Hall–Kier alpha value is -7.11. The van der Waals surface area contributed by atoms with E-state index < -0.39 is 0 Å². The minimum Gasteiger partial charge on any atom is -0.455 e. The third kappa shape index (κ3) is 4.33. The first-order valence-corrected chi connectivity index (χ1v) is 17.5. The second-order valence-corrected chi connectivity index (χ2v) is 13.2. The van der Waals surface area contributed by atoms with Crippen molar-refractivity contribution in [2.75, 3.05) is 0 Å². The largest absolute Gasteiger partial charge is 0.455 e. The van der Waals surface area contributed by atoms with E-state index in [1.54, 1.807) is 0 Å². The molecule has 52 heavy (non-hydrogen) atoms. The van der Waals surface area contributed by atoms with Crippen molar-refractivity contribution < 1.29 is 4.42 Å². The summed E-state index contributed by atoms with van der Waals surface area (Å²) in [5.41, 5.74) is 7.77. The summed E-state index contributed by atoms with van der Waals surface area (Å²) in [6.45, 7) is 0. The van der Waals surface area contributed by atoms with Crippen LogP contribution in [0.15, 0.2) is 174 Å². The van der Waals surface area contributed by atoms with E-state index in [2.05, 4.69) is 114 Å². The lowest BCUT2D eigenvalue weighted by molar-refractivity contribution is 0.672. The Labute approximate surface area is 298 Å². The van der Waals surface area contributed by atoms with Crippen molar-refractivity contribution in [3.05, 3.63) is 170 Å². The van der Waals surface area contributed by atoms with Crippen LogP contribution in [0.5, 0.6) is 0 Å². The maximum absolute atomic E-state index is 6.92. The summed E-state index contributed by atoms with van der Waals surface area (Å²) in [4.78, 5) is 15.2. The molecular weight excluding hydrogens is 637 g/mol. The van der Waals surface area contributed by atoms with E-state index in [0.717, 1.165) is 60.6 Å². The second-order valence-electron chi connectivity index (χ2n) is 13.2. The second kappa shape index (κ2) is 11.2. The number of fused-ring (bicyclic) bond motifs is 10. The molecular formula is C47H28N4O. The maximum atomic E-state index is 6.92. The molecule has 5 heteroatoms. The molecule has 8 aromatic carbocycles. The van der Waals surface area contributed by atoms with Gasteiger partial charge in [0.15, 0.2) is 17.5 Å². The van der Waals surface area contributed by atoms with Crippen LogP contribution in [0.1, 0.15) is 0 Å². The third-order valence-electron chi connectivity index (χ3n) is 10.2. The fourth-order valence-corrected chi connectivity index (χ4v) is 7.84. The van der Waals surface area contributed by atoms with Crippen LogP contribution in [-0.4, -0.2) is 19.5 Å². The highest BCUT2D eigenvalue weighted by atomic mass is 16.3. The standard InChI is InChI=1S/C47H28N4O/c1-3-14-30(15-4-1)45-48-46(31-16-5-2-6-17-31)50-47(49-45)39-27-32-18-8-10-20-35(32)44-42(39)38-26-24-33(28-41(38)52-44)51-40-22-12-11-21-36(40)37-25-23-29-13-7-9-19-34(29)43(37)51/h1-28H. The van der Waals surface area contributed by atoms with E-state index in [-0.39, 0.29) is 0 Å². The molecule has 0 radical (unpaired) electrons. The zero-order valence-electron chi connectivity index (χ0n) is 27.9. The van der Waals surface area contributed by atoms with Crippen LogP contribution >= 0.6 is 0 Å². The van der Waals surface area contributed by atoms with E-state index in [1.807, 2.05) is 60.7 Å². The molecule has 11 rings (SSSR count). The zero-order valence-corrected chi connectivity index (χ0v) is 27.9. The highest BCUT2D eigenvalue weighted by Gasteiger charge is 2.22. The van der Waals surface area contributed by atoms with Crippen LogP contribution in [0.4, 0.5) is 0 Å². The number of aromatic nitrogens is 4. The van der Waals surface area contributed by atoms with Crippen LogP contribution in [-0.2, 0) is 0 Å². The number of para-hydroxylation sites is 1. The maximum Gasteiger partial charge on any atom is 0.164 e. The van der Waals surface area contributed by atoms with Gasteiger partial charge in [-0.1, -0.05) is 140 Å². The number of nitrogens with zero attached hydrogens (tertiary/aromatic N) is 4. The van der Waals surface area contributed by atoms with Gasteiger partial charge in [-0.25, -0.2) is 15.0 Å². The lowest BCUT2D eigenvalue weighted by Gasteiger charge is -2.11. The normalized spacial score (nSPS) is 11.8. The quantitative estimate of drug-likeness (QED) is 0.188. The molecule has 3 aromatic heterocycles. The predicted octanol–water partition coefficient (Wildman–Crippen LogP) is 12.2. The summed E-state index contributed by atoms with van der Waals surface area (Å²) in [7, 11) is 0. The van der Waals surface area contributed by atoms with E-state index in [0.29, 0.717) is 17.5 Å². The summed E-state index contributed by atoms with van der Waals surface area (Å²) in [5.74, 6) is 1.85. The van der Waals surface area contributed by atoms with Gasteiger partial charge < -0.3 is 8.98 Å². The monoisotopic (exact) mass is 664 g/mol. The Morgan fingerprint density at radius 3 is 1.77 bits per heavy atom. The van der Waals surface area contributed by atoms with Gasteiger partial charge >= 0.3 is 0 Å². The van der Waals surface area contributed by atoms with Crippen LogP contribution in [0, 0.1) is 0 Å². The highest BCUT2D eigenvalue weighted by Crippen LogP contribution is 2.43. The van der Waals surface area contributed by atoms with Crippen molar-refractivity contribution in [1.29, 1.82) is 0 Å². The lowest BCUT2D eigenvalue weighted by Crippen LogP contribution is -2.00. The van der Waals surface area contributed by atoms with Crippen LogP contribution in [0.2, 0.25) is 0 Å². The van der Waals surface area contributed by atoms with E-state index >= 15 is 0 Å². The third-order valence-corrected chi connectivity index (χ3v) is 10.2. The van der Waals surface area contributed by atoms with Crippen molar-refractivity contribution in [2.45, 2.75) is 0 Å². The van der Waals surface area contributed by atoms with Crippen molar-refractivity contribution in [3.8, 4) is 39.9 Å². The Bertz CT molecular complexity index is 3120. The average Bonchev–Trinajstić information content (AvgIpc) is 3.77. The Morgan fingerprint density at radius 1 is 0.423 bits per heavy atom. The summed E-state index contributed by atoms with van der Waals surface area (Å²) < 4.78 is 9.30. The van der Waals surface area contributed by atoms with E-state index in [1.165, 1.54) is 27.1 Å². The number of benzene rings is 8. The molecule has 0 N–H and O–H groups in total. The van der Waals surface area contributed by atoms with Crippen molar-refractivity contribution in [2.24, 2.45) is 0 Å². The molecule has 0 saturated heterocycles. The summed E-state index contributed by atoms with van der Waals surface area (Å²) in [6.07, 6.45) is 0. The number of hydrogen-bond donors (Lipinski definition) is 0. The smallest absolute Gasteiger partial charge is 0.164 e. The molecule has 0 unspecified atom stereocenters. The summed E-state index contributed by atoms with van der Waals surface area (Å²) in [6, 6.07) is 59.1. The Morgan fingerprint density at radius 2 is 1.02 bits per heavy atom. The van der Waals surface area contributed by atoms with Crippen LogP contribution in [0.25, 0.3) is 105 Å². The SMILES string of the molecule is c1ccc(-c2nc(-c3ccccc3)nc(-c3cc4ccccc4c4oc5cc(-n6c7ccccc7c7ccc8ccccc8c76)ccc5c34)n2)cc1. The fraction of sp³-hybridized carbons (Fsp3) is 0. The molecule has 3 heterocycles. The van der Waals surface area contributed by atoms with Gasteiger partial charge in [0.05, 0.1) is 11.0 Å². The Kier molecular flexibility index (Phi) is 6.18. The minimum absolute atomic E-state index is 0.601. The molecule has 0 aliphatic heterocycles. The van der Waals surface area contributed by atoms with Gasteiger partial charge in [0.1, 0.15) is 11.2 Å². The van der Waals surface area contributed by atoms with Gasteiger partial charge in [0.25, 0.3) is 0 Å². The van der Waals surface area contributed by atoms with E-state index in [4.69, 9.17) is 19.4 Å². The molecule has 242 valence electrons. The molecule has 0 spiro atoms. The Balaban J connectivity index is 1.21.